The van der Waals surface area contributed by atoms with Gasteiger partial charge in [-0.2, -0.15) is 0 Å². The highest BCUT2D eigenvalue weighted by Crippen LogP contribution is 2.29. The summed E-state index contributed by atoms with van der Waals surface area (Å²) >= 11 is 0. The molecule has 1 aromatic rings. The van der Waals surface area contributed by atoms with Crippen LogP contribution >= 0.6 is 0 Å². The molecule has 0 spiro atoms. The molecule has 0 unspecified atom stereocenters. The Morgan fingerprint density at radius 2 is 2.21 bits per heavy atom. The maximum atomic E-state index is 13.3. The number of methoxy groups -OCH3 is 1. The van der Waals surface area contributed by atoms with Crippen molar-refractivity contribution < 1.29 is 17.9 Å². The van der Waals surface area contributed by atoms with Crippen LogP contribution in [0.5, 0.6) is 5.75 Å². The molecule has 0 aliphatic heterocycles. The molecule has 2 N–H and O–H groups in total. The fourth-order valence-corrected chi connectivity index (χ4v) is 1.03. The fraction of sp³-hybridized carbons (Fsp3) is 0.375. The third-order valence-electron chi connectivity index (χ3n) is 1.71. The zero-order chi connectivity index (χ0) is 10.7. The van der Waals surface area contributed by atoms with Gasteiger partial charge in [0, 0.05) is 12.7 Å². The minimum Gasteiger partial charge on any atom is -0.492 e. The Kier molecular flexibility index (Phi) is 3.29. The van der Waals surface area contributed by atoms with Crippen LogP contribution in [0.25, 0.3) is 0 Å². The molecule has 0 saturated heterocycles. The molecule has 0 bridgehead atoms. The van der Waals surface area contributed by atoms with E-state index < -0.39 is 17.8 Å². The maximum absolute atomic E-state index is 13.3. The van der Waals surface area contributed by atoms with Crippen molar-refractivity contribution in [3.05, 3.63) is 23.3 Å². The molecule has 78 valence electrons. The normalized spacial score (nSPS) is 10.7. The Labute approximate surface area is 78.7 Å². The molecule has 1 heterocycles. The highest BCUT2D eigenvalue weighted by Gasteiger charge is 2.20. The average Bonchev–Trinajstić information content (AvgIpc) is 2.16. The van der Waals surface area contributed by atoms with Crippen molar-refractivity contribution in [2.24, 2.45) is 5.73 Å². The second-order valence-electron chi connectivity index (χ2n) is 2.51. The number of pyridine rings is 1. The topological polar surface area (TPSA) is 48.1 Å². The Morgan fingerprint density at radius 1 is 1.57 bits per heavy atom. The van der Waals surface area contributed by atoms with E-state index in [4.69, 9.17) is 5.73 Å². The summed E-state index contributed by atoms with van der Waals surface area (Å²) in [4.78, 5) is 3.58. The first-order valence-electron chi connectivity index (χ1n) is 3.81. The maximum Gasteiger partial charge on any atom is 0.268 e. The van der Waals surface area contributed by atoms with Gasteiger partial charge in [0.2, 0.25) is 0 Å². The lowest BCUT2D eigenvalue weighted by molar-refractivity contribution is 0.144. The van der Waals surface area contributed by atoms with E-state index in [0.29, 0.717) is 0 Å². The molecule has 1 aromatic heterocycles. The van der Waals surface area contributed by atoms with E-state index in [1.165, 1.54) is 7.11 Å². The molecule has 0 atom stereocenters. The second kappa shape index (κ2) is 4.28. The van der Waals surface area contributed by atoms with E-state index in [0.717, 1.165) is 6.20 Å². The van der Waals surface area contributed by atoms with Crippen molar-refractivity contribution in [1.29, 1.82) is 0 Å². The molecule has 0 saturated carbocycles. The monoisotopic (exact) mass is 206 g/mol. The standard InChI is InChI=1S/C8H9F3N2O/c1-14-7-5(2-12)13-3-4(6(7)9)8(10)11/h3,8H,2,12H2,1H3. The van der Waals surface area contributed by atoms with E-state index >= 15 is 0 Å². The summed E-state index contributed by atoms with van der Waals surface area (Å²) < 4.78 is 42.3. The molecule has 0 radical (unpaired) electrons. The van der Waals surface area contributed by atoms with Gasteiger partial charge in [0.25, 0.3) is 6.43 Å². The number of hydrogen-bond acceptors (Lipinski definition) is 3. The summed E-state index contributed by atoms with van der Waals surface area (Å²) in [6.07, 6.45) is -2.15. The van der Waals surface area contributed by atoms with Crippen molar-refractivity contribution in [2.75, 3.05) is 7.11 Å². The van der Waals surface area contributed by atoms with Crippen LogP contribution in [-0.4, -0.2) is 12.1 Å². The van der Waals surface area contributed by atoms with Gasteiger partial charge in [-0.15, -0.1) is 0 Å². The van der Waals surface area contributed by atoms with Gasteiger partial charge in [0.15, 0.2) is 11.6 Å². The van der Waals surface area contributed by atoms with Gasteiger partial charge in [0.05, 0.1) is 18.4 Å². The predicted octanol–water partition coefficient (Wildman–Crippen LogP) is 1.63. The number of alkyl halides is 2. The fourth-order valence-electron chi connectivity index (χ4n) is 1.03. The van der Waals surface area contributed by atoms with Gasteiger partial charge in [-0.25, -0.2) is 13.2 Å². The zero-order valence-electron chi connectivity index (χ0n) is 7.43. The number of rotatable bonds is 3. The number of nitrogens with two attached hydrogens (primary N) is 1. The highest BCUT2D eigenvalue weighted by atomic mass is 19.3. The lowest BCUT2D eigenvalue weighted by Gasteiger charge is -2.09. The first kappa shape index (κ1) is 10.8. The lowest BCUT2D eigenvalue weighted by Crippen LogP contribution is -2.07. The smallest absolute Gasteiger partial charge is 0.268 e. The van der Waals surface area contributed by atoms with Crippen LogP contribution in [-0.2, 0) is 6.54 Å². The molecule has 6 heteroatoms. The van der Waals surface area contributed by atoms with Gasteiger partial charge in [0.1, 0.15) is 0 Å². The zero-order valence-corrected chi connectivity index (χ0v) is 7.43. The molecule has 0 aliphatic carbocycles. The third kappa shape index (κ3) is 1.79. The largest absolute Gasteiger partial charge is 0.492 e. The summed E-state index contributed by atoms with van der Waals surface area (Å²) in [6, 6.07) is 0. The van der Waals surface area contributed by atoms with Crippen LogP contribution < -0.4 is 10.5 Å². The summed E-state index contributed by atoms with van der Waals surface area (Å²) in [5, 5.41) is 0. The van der Waals surface area contributed by atoms with E-state index in [-0.39, 0.29) is 18.0 Å². The summed E-state index contributed by atoms with van der Waals surface area (Å²) in [5.74, 6) is -1.41. The Morgan fingerprint density at radius 3 is 2.64 bits per heavy atom. The van der Waals surface area contributed by atoms with E-state index in [1.807, 2.05) is 0 Å². The quantitative estimate of drug-likeness (QED) is 0.817. The number of halogens is 3. The first-order chi connectivity index (χ1) is 6.61. The average molecular weight is 206 g/mol. The highest BCUT2D eigenvalue weighted by molar-refractivity contribution is 5.34. The van der Waals surface area contributed by atoms with Crippen molar-refractivity contribution in [1.82, 2.24) is 4.98 Å². The molecule has 0 aromatic carbocycles. The molecular weight excluding hydrogens is 197 g/mol. The van der Waals surface area contributed by atoms with E-state index in [1.54, 1.807) is 0 Å². The second-order valence-corrected chi connectivity index (χ2v) is 2.51. The van der Waals surface area contributed by atoms with Crippen LogP contribution in [0.3, 0.4) is 0 Å². The summed E-state index contributed by atoms with van der Waals surface area (Å²) in [5.41, 5.74) is 4.57. The number of aromatic nitrogens is 1. The minimum absolute atomic E-state index is 0.0659. The van der Waals surface area contributed by atoms with Gasteiger partial charge in [-0.1, -0.05) is 0 Å². The third-order valence-corrected chi connectivity index (χ3v) is 1.71. The summed E-state index contributed by atoms with van der Waals surface area (Å²) in [6.45, 7) is -0.0659. The first-order valence-corrected chi connectivity index (χ1v) is 3.81. The van der Waals surface area contributed by atoms with Gasteiger partial charge < -0.3 is 10.5 Å². The minimum atomic E-state index is -2.91. The van der Waals surface area contributed by atoms with Crippen molar-refractivity contribution >= 4 is 0 Å². The van der Waals surface area contributed by atoms with Crippen molar-refractivity contribution in [3.8, 4) is 5.75 Å². The Balaban J connectivity index is 3.27. The lowest BCUT2D eigenvalue weighted by atomic mass is 10.2. The molecule has 0 aliphatic rings. The molecular formula is C8H9F3N2O. The van der Waals surface area contributed by atoms with Gasteiger partial charge in [-0.3, -0.25) is 4.98 Å². The number of hydrogen-bond donors (Lipinski definition) is 1. The Bertz CT molecular complexity index is 331. The van der Waals surface area contributed by atoms with Crippen LogP contribution in [0.15, 0.2) is 6.20 Å². The molecule has 3 nitrogen and oxygen atoms in total. The van der Waals surface area contributed by atoms with Crippen molar-refractivity contribution in [2.45, 2.75) is 13.0 Å². The number of nitrogens with zero attached hydrogens (tertiary/aromatic N) is 1. The van der Waals surface area contributed by atoms with Gasteiger partial charge in [-0.05, 0) is 0 Å². The van der Waals surface area contributed by atoms with Crippen molar-refractivity contribution in [3.63, 3.8) is 0 Å². The molecule has 0 fully saturated rings. The van der Waals surface area contributed by atoms with Crippen LogP contribution in [0.4, 0.5) is 13.2 Å². The van der Waals surface area contributed by atoms with E-state index in [9.17, 15) is 13.2 Å². The Hall–Kier alpha value is -1.30. The number of ether oxygens (including phenoxy) is 1. The van der Waals surface area contributed by atoms with Crippen LogP contribution in [0, 0.1) is 5.82 Å². The SMILES string of the molecule is COc1c(CN)ncc(C(F)F)c1F. The molecule has 1 rings (SSSR count). The van der Waals surface area contributed by atoms with Crippen LogP contribution in [0.1, 0.15) is 17.7 Å². The van der Waals surface area contributed by atoms with E-state index in [2.05, 4.69) is 9.72 Å². The molecule has 0 amide bonds. The molecule has 14 heavy (non-hydrogen) atoms. The van der Waals surface area contributed by atoms with Gasteiger partial charge >= 0.3 is 0 Å². The summed E-state index contributed by atoms with van der Waals surface area (Å²) in [7, 11) is 1.18. The van der Waals surface area contributed by atoms with Crippen LogP contribution in [0.2, 0.25) is 0 Å². The predicted molar refractivity (Wildman–Crippen MR) is 43.6 cm³/mol.